The van der Waals surface area contributed by atoms with Crippen LogP contribution in [0.3, 0.4) is 0 Å². The van der Waals surface area contributed by atoms with E-state index in [9.17, 15) is 5.26 Å². The van der Waals surface area contributed by atoms with Crippen molar-refractivity contribution in [2.24, 2.45) is 0 Å². The van der Waals surface area contributed by atoms with Crippen LogP contribution in [0.25, 0.3) is 0 Å². The molecule has 0 radical (unpaired) electrons. The van der Waals surface area contributed by atoms with E-state index in [4.69, 9.17) is 0 Å². The normalized spacial score (nSPS) is 14.4. The topological polar surface area (TPSA) is 27.0 Å². The molecular formula is C17H16N2. The number of anilines is 1. The Bertz CT molecular complexity index is 625. The van der Waals surface area contributed by atoms with Gasteiger partial charge in [0.2, 0.25) is 0 Å². The summed E-state index contributed by atoms with van der Waals surface area (Å²) in [5, 5.41) is 9.24. The third-order valence-corrected chi connectivity index (χ3v) is 3.72. The Morgan fingerprint density at radius 3 is 2.53 bits per heavy atom. The Kier molecular flexibility index (Phi) is 3.20. The molecule has 0 saturated heterocycles. The summed E-state index contributed by atoms with van der Waals surface area (Å²) in [6.45, 7) is 1.90. The highest BCUT2D eigenvalue weighted by Gasteiger charge is 2.16. The molecule has 2 aromatic carbocycles. The van der Waals surface area contributed by atoms with Gasteiger partial charge in [-0.15, -0.1) is 0 Å². The Hall–Kier alpha value is -2.27. The minimum atomic E-state index is 0.766. The lowest BCUT2D eigenvalue weighted by Gasteiger charge is -2.24. The second-order valence-corrected chi connectivity index (χ2v) is 4.92. The van der Waals surface area contributed by atoms with Gasteiger partial charge in [0.25, 0.3) is 0 Å². The van der Waals surface area contributed by atoms with Crippen LogP contribution < -0.4 is 4.90 Å². The van der Waals surface area contributed by atoms with Gasteiger partial charge in [-0.25, -0.2) is 0 Å². The van der Waals surface area contributed by atoms with Crippen molar-refractivity contribution in [3.8, 4) is 6.07 Å². The molecule has 3 rings (SSSR count). The van der Waals surface area contributed by atoms with Crippen LogP contribution in [-0.4, -0.2) is 6.54 Å². The number of nitrogens with zero attached hydrogens (tertiary/aromatic N) is 2. The SMILES string of the molecule is N#Cc1ccccc1N1CCCc2ccccc2C1. The molecule has 0 atom stereocenters. The largest absolute Gasteiger partial charge is 0.366 e. The first-order valence-corrected chi connectivity index (χ1v) is 6.69. The summed E-state index contributed by atoms with van der Waals surface area (Å²) < 4.78 is 0. The van der Waals surface area contributed by atoms with Gasteiger partial charge in [0.15, 0.2) is 0 Å². The lowest BCUT2D eigenvalue weighted by Crippen LogP contribution is -2.23. The highest BCUT2D eigenvalue weighted by Crippen LogP contribution is 2.26. The van der Waals surface area contributed by atoms with E-state index in [2.05, 4.69) is 35.2 Å². The maximum absolute atomic E-state index is 9.24. The van der Waals surface area contributed by atoms with Crippen LogP contribution in [0.5, 0.6) is 0 Å². The van der Waals surface area contributed by atoms with E-state index in [0.29, 0.717) is 0 Å². The first-order valence-electron chi connectivity index (χ1n) is 6.69. The lowest BCUT2D eigenvalue weighted by molar-refractivity contribution is 0.765. The van der Waals surface area contributed by atoms with Crippen LogP contribution in [0.2, 0.25) is 0 Å². The average Bonchev–Trinajstić information content (AvgIpc) is 2.69. The molecule has 0 bridgehead atoms. The lowest BCUT2D eigenvalue weighted by atomic mass is 10.0. The molecule has 0 N–H and O–H groups in total. The molecule has 0 unspecified atom stereocenters. The Morgan fingerprint density at radius 2 is 1.68 bits per heavy atom. The van der Waals surface area contributed by atoms with E-state index in [1.54, 1.807) is 0 Å². The Morgan fingerprint density at radius 1 is 0.947 bits per heavy atom. The van der Waals surface area contributed by atoms with Gasteiger partial charge in [-0.05, 0) is 36.1 Å². The van der Waals surface area contributed by atoms with Gasteiger partial charge in [0.05, 0.1) is 11.3 Å². The number of fused-ring (bicyclic) bond motifs is 1. The van der Waals surface area contributed by atoms with Crippen LogP contribution >= 0.6 is 0 Å². The molecule has 19 heavy (non-hydrogen) atoms. The molecule has 2 heteroatoms. The predicted octanol–water partition coefficient (Wildman–Crippen LogP) is 3.51. The van der Waals surface area contributed by atoms with E-state index < -0.39 is 0 Å². The maximum atomic E-state index is 9.24. The zero-order valence-electron chi connectivity index (χ0n) is 10.8. The second kappa shape index (κ2) is 5.16. The molecule has 0 spiro atoms. The zero-order chi connectivity index (χ0) is 13.1. The van der Waals surface area contributed by atoms with E-state index in [-0.39, 0.29) is 0 Å². The molecule has 0 amide bonds. The van der Waals surface area contributed by atoms with E-state index >= 15 is 0 Å². The van der Waals surface area contributed by atoms with Gasteiger partial charge in [-0.3, -0.25) is 0 Å². The smallest absolute Gasteiger partial charge is 0.101 e. The van der Waals surface area contributed by atoms with E-state index in [0.717, 1.165) is 37.2 Å². The van der Waals surface area contributed by atoms with Gasteiger partial charge >= 0.3 is 0 Å². The average molecular weight is 248 g/mol. The summed E-state index contributed by atoms with van der Waals surface area (Å²) in [7, 11) is 0. The molecule has 2 nitrogen and oxygen atoms in total. The fourth-order valence-corrected chi connectivity index (χ4v) is 2.75. The van der Waals surface area contributed by atoms with Crippen LogP contribution in [0, 0.1) is 11.3 Å². The molecule has 1 heterocycles. The molecule has 1 aliphatic heterocycles. The zero-order valence-corrected chi connectivity index (χ0v) is 10.8. The molecule has 0 aromatic heterocycles. The van der Waals surface area contributed by atoms with Gasteiger partial charge in [0.1, 0.15) is 6.07 Å². The molecule has 1 aliphatic rings. The molecule has 0 aliphatic carbocycles. The molecule has 94 valence electrons. The standard InChI is InChI=1S/C17H16N2/c18-12-15-7-3-4-10-17(15)19-11-5-9-14-6-1-2-8-16(14)13-19/h1-4,6-8,10H,5,9,11,13H2. The van der Waals surface area contributed by atoms with E-state index in [1.165, 1.54) is 11.1 Å². The van der Waals surface area contributed by atoms with Crippen molar-refractivity contribution in [1.29, 1.82) is 5.26 Å². The fourth-order valence-electron chi connectivity index (χ4n) is 2.75. The Balaban J connectivity index is 1.97. The van der Waals surface area contributed by atoms with Gasteiger partial charge in [0, 0.05) is 13.1 Å². The van der Waals surface area contributed by atoms with Crippen molar-refractivity contribution >= 4 is 5.69 Å². The minimum absolute atomic E-state index is 0.766. The number of nitriles is 1. The van der Waals surface area contributed by atoms with Crippen LogP contribution in [-0.2, 0) is 13.0 Å². The summed E-state index contributed by atoms with van der Waals surface area (Å²) in [4.78, 5) is 2.32. The quantitative estimate of drug-likeness (QED) is 0.772. The van der Waals surface area contributed by atoms with Crippen molar-refractivity contribution in [1.82, 2.24) is 0 Å². The van der Waals surface area contributed by atoms with Crippen molar-refractivity contribution in [3.05, 3.63) is 65.2 Å². The van der Waals surface area contributed by atoms with Crippen LogP contribution in [0.1, 0.15) is 23.1 Å². The van der Waals surface area contributed by atoms with Crippen LogP contribution in [0.4, 0.5) is 5.69 Å². The highest BCUT2D eigenvalue weighted by atomic mass is 15.1. The van der Waals surface area contributed by atoms with Gasteiger partial charge in [-0.2, -0.15) is 5.26 Å². The third-order valence-electron chi connectivity index (χ3n) is 3.72. The number of hydrogen-bond donors (Lipinski definition) is 0. The summed E-state index contributed by atoms with van der Waals surface area (Å²) in [5.41, 5.74) is 4.65. The first-order chi connectivity index (χ1) is 9.38. The number of hydrogen-bond acceptors (Lipinski definition) is 2. The Labute approximate surface area is 113 Å². The van der Waals surface area contributed by atoms with Crippen molar-refractivity contribution < 1.29 is 0 Å². The first kappa shape index (κ1) is 11.8. The summed E-state index contributed by atoms with van der Waals surface area (Å²) >= 11 is 0. The number of aryl methyl sites for hydroxylation is 1. The molecule has 0 fully saturated rings. The maximum Gasteiger partial charge on any atom is 0.101 e. The van der Waals surface area contributed by atoms with E-state index in [1.807, 2.05) is 24.3 Å². The van der Waals surface area contributed by atoms with Crippen LogP contribution in [0.15, 0.2) is 48.5 Å². The van der Waals surface area contributed by atoms with Gasteiger partial charge < -0.3 is 4.90 Å². The minimum Gasteiger partial charge on any atom is -0.366 e. The summed E-state index contributed by atoms with van der Waals surface area (Å²) in [6.07, 6.45) is 2.26. The number of benzene rings is 2. The molecule has 2 aromatic rings. The number of para-hydroxylation sites is 1. The predicted molar refractivity (Wildman–Crippen MR) is 77.0 cm³/mol. The molecular weight excluding hydrogens is 232 g/mol. The number of rotatable bonds is 1. The fraction of sp³-hybridized carbons (Fsp3) is 0.235. The molecule has 0 saturated carbocycles. The monoisotopic (exact) mass is 248 g/mol. The third kappa shape index (κ3) is 2.32. The van der Waals surface area contributed by atoms with Crippen molar-refractivity contribution in [3.63, 3.8) is 0 Å². The highest BCUT2D eigenvalue weighted by molar-refractivity contribution is 5.59. The summed E-state index contributed by atoms with van der Waals surface area (Å²) in [5.74, 6) is 0. The second-order valence-electron chi connectivity index (χ2n) is 4.92. The summed E-state index contributed by atoms with van der Waals surface area (Å²) in [6, 6.07) is 18.8. The van der Waals surface area contributed by atoms with Crippen molar-refractivity contribution in [2.75, 3.05) is 11.4 Å². The van der Waals surface area contributed by atoms with Gasteiger partial charge in [-0.1, -0.05) is 36.4 Å². The van der Waals surface area contributed by atoms with Crippen molar-refractivity contribution in [2.45, 2.75) is 19.4 Å².